The van der Waals surface area contributed by atoms with E-state index in [9.17, 15) is 4.79 Å². The van der Waals surface area contributed by atoms with E-state index < -0.39 is 0 Å². The Morgan fingerprint density at radius 3 is 2.62 bits per heavy atom. The molecule has 82 valence electrons. The predicted octanol–water partition coefficient (Wildman–Crippen LogP) is 3.19. The molecular weight excluding hydrogens is 246 g/mol. The van der Waals surface area contributed by atoms with Crippen molar-refractivity contribution >= 4 is 35.1 Å². The fourth-order valence-electron chi connectivity index (χ4n) is 1.28. The van der Waals surface area contributed by atoms with E-state index in [-0.39, 0.29) is 0 Å². The summed E-state index contributed by atoms with van der Waals surface area (Å²) in [6, 6.07) is 9.14. The van der Waals surface area contributed by atoms with E-state index in [1.165, 1.54) is 11.3 Å². The van der Waals surface area contributed by atoms with E-state index in [0.29, 0.717) is 22.2 Å². The second kappa shape index (κ2) is 4.55. The van der Waals surface area contributed by atoms with Crippen molar-refractivity contribution in [3.8, 4) is 15.5 Å². The lowest BCUT2D eigenvalue weighted by Crippen LogP contribution is -1.89. The molecular formula is C11H8ClNO2S. The topological polar surface area (TPSA) is 52.3 Å². The van der Waals surface area contributed by atoms with Crippen LogP contribution in [0.2, 0.25) is 5.02 Å². The van der Waals surface area contributed by atoms with Crippen molar-refractivity contribution in [2.75, 3.05) is 5.73 Å². The van der Waals surface area contributed by atoms with Crippen LogP contribution in [0.5, 0.6) is 5.06 Å². The Hall–Kier alpha value is -1.52. The molecule has 1 aromatic carbocycles. The number of carbonyl (C=O) groups is 1. The monoisotopic (exact) mass is 253 g/mol. The van der Waals surface area contributed by atoms with Crippen LogP contribution in [0.1, 0.15) is 0 Å². The zero-order valence-corrected chi connectivity index (χ0v) is 9.72. The Labute approximate surface area is 101 Å². The Bertz CT molecular complexity index is 507. The number of carbonyl (C=O) groups excluding carboxylic acids is 1. The summed E-state index contributed by atoms with van der Waals surface area (Å²) in [6.07, 6.45) is 0. The fourth-order valence-corrected chi connectivity index (χ4v) is 2.31. The Kier molecular flexibility index (Phi) is 3.12. The molecule has 0 spiro atoms. The summed E-state index contributed by atoms with van der Waals surface area (Å²) in [7, 11) is 0. The van der Waals surface area contributed by atoms with Crippen molar-refractivity contribution in [1.82, 2.24) is 0 Å². The van der Waals surface area contributed by atoms with E-state index in [1.54, 1.807) is 18.2 Å². The average Bonchev–Trinajstić information content (AvgIpc) is 2.62. The highest BCUT2D eigenvalue weighted by atomic mass is 35.5. The van der Waals surface area contributed by atoms with Crippen LogP contribution >= 0.6 is 22.9 Å². The molecule has 2 rings (SSSR count). The molecule has 0 unspecified atom stereocenters. The standard InChI is InChI=1S/C11H8ClNO2S/c12-8-3-1-7(2-4-8)10-5-9(13)11(16-10)15-6-14/h1-6H,13H2. The lowest BCUT2D eigenvalue weighted by atomic mass is 10.2. The number of halogens is 1. The van der Waals surface area contributed by atoms with Gasteiger partial charge in [-0.3, -0.25) is 4.79 Å². The number of benzene rings is 1. The second-order valence-electron chi connectivity index (χ2n) is 3.07. The van der Waals surface area contributed by atoms with Crippen molar-refractivity contribution < 1.29 is 9.53 Å². The number of rotatable bonds is 3. The molecule has 0 radical (unpaired) electrons. The van der Waals surface area contributed by atoms with Gasteiger partial charge in [0, 0.05) is 9.90 Å². The smallest absolute Gasteiger partial charge is 0.299 e. The van der Waals surface area contributed by atoms with Gasteiger partial charge in [-0.05, 0) is 23.8 Å². The van der Waals surface area contributed by atoms with Gasteiger partial charge in [-0.15, -0.1) is 0 Å². The maximum absolute atomic E-state index is 10.2. The lowest BCUT2D eigenvalue weighted by molar-refractivity contribution is -0.120. The van der Waals surface area contributed by atoms with Crippen molar-refractivity contribution in [3.63, 3.8) is 0 Å². The van der Waals surface area contributed by atoms with Crippen molar-refractivity contribution in [2.24, 2.45) is 0 Å². The van der Waals surface area contributed by atoms with Gasteiger partial charge in [0.15, 0.2) is 0 Å². The number of nitrogen functional groups attached to an aromatic ring is 1. The van der Waals surface area contributed by atoms with Crippen molar-refractivity contribution in [3.05, 3.63) is 35.4 Å². The maximum atomic E-state index is 10.2. The third kappa shape index (κ3) is 2.18. The van der Waals surface area contributed by atoms with E-state index in [4.69, 9.17) is 22.1 Å². The molecule has 2 N–H and O–H groups in total. The largest absolute Gasteiger partial charge is 0.415 e. The van der Waals surface area contributed by atoms with Crippen LogP contribution in [-0.4, -0.2) is 6.47 Å². The quantitative estimate of drug-likeness (QED) is 0.855. The summed E-state index contributed by atoms with van der Waals surface area (Å²) in [6.45, 7) is 0.369. The fraction of sp³-hybridized carbons (Fsp3) is 0. The van der Waals surface area contributed by atoms with Gasteiger partial charge < -0.3 is 10.5 Å². The third-order valence-corrected chi connectivity index (χ3v) is 3.35. The molecule has 0 saturated carbocycles. The van der Waals surface area contributed by atoms with Gasteiger partial charge in [0.1, 0.15) is 0 Å². The molecule has 3 nitrogen and oxygen atoms in total. The van der Waals surface area contributed by atoms with Gasteiger partial charge in [-0.25, -0.2) is 0 Å². The molecule has 0 aliphatic carbocycles. The van der Waals surface area contributed by atoms with Crippen molar-refractivity contribution in [2.45, 2.75) is 0 Å². The SMILES string of the molecule is Nc1cc(-c2ccc(Cl)cc2)sc1OC=O. The minimum Gasteiger partial charge on any atom is -0.415 e. The maximum Gasteiger partial charge on any atom is 0.299 e. The number of hydrogen-bond acceptors (Lipinski definition) is 4. The second-order valence-corrected chi connectivity index (χ2v) is 4.53. The number of thiophene rings is 1. The zero-order valence-electron chi connectivity index (χ0n) is 8.14. The Morgan fingerprint density at radius 1 is 1.31 bits per heavy atom. The van der Waals surface area contributed by atoms with E-state index in [2.05, 4.69) is 0 Å². The summed E-state index contributed by atoms with van der Waals surface area (Å²) < 4.78 is 4.75. The molecule has 0 saturated heterocycles. The van der Waals surface area contributed by atoms with Crippen LogP contribution < -0.4 is 10.5 Å². The van der Waals surface area contributed by atoms with Crippen LogP contribution in [0.3, 0.4) is 0 Å². The molecule has 0 amide bonds. The van der Waals surface area contributed by atoms with Gasteiger partial charge in [0.05, 0.1) is 5.69 Å². The van der Waals surface area contributed by atoms with Crippen LogP contribution in [0.4, 0.5) is 5.69 Å². The summed E-state index contributed by atoms with van der Waals surface area (Å²) in [4.78, 5) is 11.2. The van der Waals surface area contributed by atoms with E-state index >= 15 is 0 Å². The van der Waals surface area contributed by atoms with Crippen molar-refractivity contribution in [1.29, 1.82) is 0 Å². The van der Waals surface area contributed by atoms with Crippen LogP contribution in [-0.2, 0) is 4.79 Å². The van der Waals surface area contributed by atoms with Crippen LogP contribution in [0.15, 0.2) is 30.3 Å². The summed E-state index contributed by atoms with van der Waals surface area (Å²) >= 11 is 7.11. The normalized spacial score (nSPS) is 10.1. The summed E-state index contributed by atoms with van der Waals surface area (Å²) in [5, 5.41) is 1.09. The number of nitrogens with two attached hydrogens (primary N) is 1. The van der Waals surface area contributed by atoms with Gasteiger partial charge in [0.25, 0.3) is 6.47 Å². The number of hydrogen-bond donors (Lipinski definition) is 1. The van der Waals surface area contributed by atoms with Crippen LogP contribution in [0.25, 0.3) is 10.4 Å². The highest BCUT2D eigenvalue weighted by Gasteiger charge is 2.08. The lowest BCUT2D eigenvalue weighted by Gasteiger charge is -1.96. The molecule has 0 aliphatic heterocycles. The third-order valence-electron chi connectivity index (χ3n) is 2.01. The van der Waals surface area contributed by atoms with E-state index in [0.717, 1.165) is 10.4 Å². The Balaban J connectivity index is 2.37. The minimum absolute atomic E-state index is 0.369. The first-order valence-electron chi connectivity index (χ1n) is 4.46. The van der Waals surface area contributed by atoms with Gasteiger partial charge in [-0.1, -0.05) is 35.1 Å². The van der Waals surface area contributed by atoms with Gasteiger partial charge >= 0.3 is 0 Å². The van der Waals surface area contributed by atoms with Gasteiger partial charge in [0.2, 0.25) is 5.06 Å². The number of ether oxygens (including phenoxy) is 1. The van der Waals surface area contributed by atoms with Crippen LogP contribution in [0, 0.1) is 0 Å². The first-order valence-corrected chi connectivity index (χ1v) is 5.65. The first kappa shape index (κ1) is 11.0. The molecule has 0 fully saturated rings. The summed E-state index contributed by atoms with van der Waals surface area (Å²) in [5.41, 5.74) is 7.14. The highest BCUT2D eigenvalue weighted by molar-refractivity contribution is 7.18. The van der Waals surface area contributed by atoms with Gasteiger partial charge in [-0.2, -0.15) is 0 Å². The average molecular weight is 254 g/mol. The molecule has 0 atom stereocenters. The predicted molar refractivity (Wildman–Crippen MR) is 65.9 cm³/mol. The Morgan fingerprint density at radius 2 is 2.00 bits per heavy atom. The zero-order chi connectivity index (χ0) is 11.5. The molecule has 0 bridgehead atoms. The molecule has 2 aromatic rings. The molecule has 5 heteroatoms. The summed E-state index contributed by atoms with van der Waals surface area (Å²) in [5.74, 6) is 0. The molecule has 16 heavy (non-hydrogen) atoms. The molecule has 1 aromatic heterocycles. The molecule has 0 aliphatic rings. The highest BCUT2D eigenvalue weighted by Crippen LogP contribution is 2.38. The minimum atomic E-state index is 0.369. The number of anilines is 1. The first-order chi connectivity index (χ1) is 7.70. The molecule has 1 heterocycles. The van der Waals surface area contributed by atoms with E-state index in [1.807, 2.05) is 12.1 Å².